The lowest BCUT2D eigenvalue weighted by Gasteiger charge is -2.47. The Bertz CT molecular complexity index is 1360. The Kier molecular flexibility index (Phi) is 7.89. The largest absolute Gasteiger partial charge is 0.466 e. The Labute approximate surface area is 226 Å². The molecular formula is C27H21Cl2F3N2O4. The molecule has 0 bridgehead atoms. The highest BCUT2D eigenvalue weighted by atomic mass is 35.5. The minimum absolute atomic E-state index is 0.00703. The van der Waals surface area contributed by atoms with Crippen molar-refractivity contribution in [3.8, 4) is 0 Å². The molecule has 0 fully saturated rings. The van der Waals surface area contributed by atoms with Crippen molar-refractivity contribution in [2.45, 2.75) is 12.3 Å². The Hall–Kier alpha value is -3.69. The van der Waals surface area contributed by atoms with Gasteiger partial charge in [0.15, 0.2) is 0 Å². The number of rotatable bonds is 5. The van der Waals surface area contributed by atoms with Crippen LogP contribution in [0.3, 0.4) is 0 Å². The van der Waals surface area contributed by atoms with Crippen LogP contribution in [0.1, 0.15) is 17.3 Å². The highest BCUT2D eigenvalue weighted by Gasteiger charge is 2.42. The number of esters is 2. The summed E-state index contributed by atoms with van der Waals surface area (Å²) >= 11 is 12.2. The fraction of sp³-hybridized carbons (Fsp3) is 0.185. The molecule has 1 atom stereocenters. The summed E-state index contributed by atoms with van der Waals surface area (Å²) in [7, 11) is 2.36. The molecule has 11 heteroatoms. The monoisotopic (exact) mass is 564 g/mol. The molecule has 38 heavy (non-hydrogen) atoms. The molecule has 198 valence electrons. The molecule has 0 amide bonds. The van der Waals surface area contributed by atoms with Gasteiger partial charge in [-0.05, 0) is 66.2 Å². The van der Waals surface area contributed by atoms with Gasteiger partial charge in [-0.3, -0.25) is 0 Å². The third-order valence-corrected chi connectivity index (χ3v) is 6.51. The highest BCUT2D eigenvalue weighted by Crippen LogP contribution is 2.43. The minimum Gasteiger partial charge on any atom is -0.466 e. The average molecular weight is 565 g/mol. The molecule has 3 aromatic carbocycles. The Morgan fingerprint density at radius 3 is 1.76 bits per heavy atom. The lowest BCUT2D eigenvalue weighted by atomic mass is 9.99. The van der Waals surface area contributed by atoms with Gasteiger partial charge in [0.05, 0.1) is 31.9 Å². The van der Waals surface area contributed by atoms with Crippen LogP contribution in [0.4, 0.5) is 24.5 Å². The van der Waals surface area contributed by atoms with Gasteiger partial charge in [0.25, 0.3) is 0 Å². The van der Waals surface area contributed by atoms with Crippen molar-refractivity contribution >= 4 is 46.5 Å². The number of nitrogens with zero attached hydrogens (tertiary/aromatic N) is 2. The standard InChI is InChI=1S/C27H21Cl2F3N2O4/c1-37-25(35)22-15-33(20-11-7-18(28)8-12-20)24(16-3-5-17(6-4-16)27(30,31)32)34(23(22)26(36)38-2)21-13-9-19(29)10-14-21/h3-14,24H,15H2,1-2H3. The van der Waals surface area contributed by atoms with Crippen LogP contribution in [-0.4, -0.2) is 32.7 Å². The van der Waals surface area contributed by atoms with Crippen molar-refractivity contribution in [2.24, 2.45) is 0 Å². The second-order valence-corrected chi connectivity index (χ2v) is 9.13. The van der Waals surface area contributed by atoms with Crippen molar-refractivity contribution in [2.75, 3.05) is 30.6 Å². The molecule has 0 spiro atoms. The maximum absolute atomic E-state index is 13.3. The molecule has 0 N–H and O–H groups in total. The molecule has 0 radical (unpaired) electrons. The topological polar surface area (TPSA) is 59.1 Å². The molecule has 3 aromatic rings. The zero-order valence-corrected chi connectivity index (χ0v) is 21.6. The third kappa shape index (κ3) is 5.44. The number of carbonyl (C=O) groups excluding carboxylic acids is 2. The number of carbonyl (C=O) groups is 2. The van der Waals surface area contributed by atoms with Crippen LogP contribution in [0, 0.1) is 0 Å². The molecule has 1 aliphatic rings. The second kappa shape index (κ2) is 11.0. The van der Waals surface area contributed by atoms with E-state index >= 15 is 0 Å². The van der Waals surface area contributed by atoms with E-state index in [1.54, 1.807) is 53.4 Å². The van der Waals surface area contributed by atoms with Crippen molar-refractivity contribution in [3.63, 3.8) is 0 Å². The van der Waals surface area contributed by atoms with E-state index in [2.05, 4.69) is 0 Å². The van der Waals surface area contributed by atoms with Gasteiger partial charge in [-0.25, -0.2) is 9.59 Å². The van der Waals surface area contributed by atoms with E-state index in [1.807, 2.05) is 0 Å². The number of hydrogen-bond donors (Lipinski definition) is 0. The van der Waals surface area contributed by atoms with E-state index in [0.717, 1.165) is 12.1 Å². The smallest absolute Gasteiger partial charge is 0.416 e. The van der Waals surface area contributed by atoms with Crippen LogP contribution in [-0.2, 0) is 25.2 Å². The number of alkyl halides is 3. The maximum Gasteiger partial charge on any atom is 0.416 e. The quantitative estimate of drug-likeness (QED) is 0.324. The molecule has 1 unspecified atom stereocenters. The Balaban J connectivity index is 2.03. The summed E-state index contributed by atoms with van der Waals surface area (Å²) in [4.78, 5) is 29.4. The fourth-order valence-corrected chi connectivity index (χ4v) is 4.50. The van der Waals surface area contributed by atoms with Crippen LogP contribution in [0.25, 0.3) is 0 Å². The molecule has 6 nitrogen and oxygen atoms in total. The van der Waals surface area contributed by atoms with Gasteiger partial charge < -0.3 is 19.3 Å². The first kappa shape index (κ1) is 27.3. The van der Waals surface area contributed by atoms with Gasteiger partial charge in [0.2, 0.25) is 0 Å². The molecule has 1 aliphatic heterocycles. The van der Waals surface area contributed by atoms with Crippen LogP contribution in [0.15, 0.2) is 84.1 Å². The predicted molar refractivity (Wildman–Crippen MR) is 138 cm³/mol. The van der Waals surface area contributed by atoms with Gasteiger partial charge in [0, 0.05) is 21.4 Å². The summed E-state index contributed by atoms with van der Waals surface area (Å²) in [5, 5.41) is 0.883. The SMILES string of the molecule is COC(=O)C1=C(C(=O)OC)N(c2ccc(Cl)cc2)C(c2ccc(C(F)(F)F)cc2)N(c2ccc(Cl)cc2)C1. The number of benzene rings is 3. The van der Waals surface area contributed by atoms with E-state index in [1.165, 1.54) is 31.3 Å². The van der Waals surface area contributed by atoms with E-state index in [-0.39, 0.29) is 17.8 Å². The second-order valence-electron chi connectivity index (χ2n) is 8.25. The molecule has 1 heterocycles. The summed E-state index contributed by atoms with van der Waals surface area (Å²) in [5.41, 5.74) is 0.480. The van der Waals surface area contributed by atoms with Crippen LogP contribution >= 0.6 is 23.2 Å². The number of methoxy groups -OCH3 is 2. The summed E-state index contributed by atoms with van der Waals surface area (Å²) in [6.45, 7) is -0.117. The lowest BCUT2D eigenvalue weighted by Crippen LogP contribution is -2.50. The summed E-state index contributed by atoms with van der Waals surface area (Å²) in [5.74, 6) is -1.60. The number of hydrogen-bond acceptors (Lipinski definition) is 6. The van der Waals surface area contributed by atoms with Gasteiger partial charge in [-0.15, -0.1) is 0 Å². The molecule has 4 rings (SSSR count). The normalized spacial score (nSPS) is 15.9. The lowest BCUT2D eigenvalue weighted by molar-refractivity contribution is -0.139. The maximum atomic E-state index is 13.3. The highest BCUT2D eigenvalue weighted by molar-refractivity contribution is 6.31. The van der Waals surface area contributed by atoms with Crippen LogP contribution < -0.4 is 9.80 Å². The van der Waals surface area contributed by atoms with Crippen molar-refractivity contribution in [3.05, 3.63) is 105 Å². The van der Waals surface area contributed by atoms with Crippen molar-refractivity contribution in [1.29, 1.82) is 0 Å². The van der Waals surface area contributed by atoms with Gasteiger partial charge in [-0.2, -0.15) is 13.2 Å². The molecule has 0 saturated heterocycles. The fourth-order valence-electron chi connectivity index (χ4n) is 4.25. The zero-order valence-electron chi connectivity index (χ0n) is 20.1. The number of anilines is 2. The first-order valence-corrected chi connectivity index (χ1v) is 11.9. The minimum atomic E-state index is -4.54. The third-order valence-electron chi connectivity index (χ3n) is 6.00. The van der Waals surface area contributed by atoms with E-state index in [4.69, 9.17) is 32.7 Å². The zero-order chi connectivity index (χ0) is 27.6. The summed E-state index contributed by atoms with van der Waals surface area (Å²) in [6, 6.07) is 17.7. The predicted octanol–water partition coefficient (Wildman–Crippen LogP) is 6.64. The van der Waals surface area contributed by atoms with Gasteiger partial charge in [0.1, 0.15) is 11.9 Å². The van der Waals surface area contributed by atoms with Crippen LogP contribution in [0.2, 0.25) is 10.0 Å². The molecule has 0 saturated carbocycles. The van der Waals surface area contributed by atoms with Crippen molar-refractivity contribution < 1.29 is 32.2 Å². The Morgan fingerprint density at radius 2 is 1.29 bits per heavy atom. The first-order valence-electron chi connectivity index (χ1n) is 11.2. The van der Waals surface area contributed by atoms with Gasteiger partial charge in [-0.1, -0.05) is 35.3 Å². The van der Waals surface area contributed by atoms with E-state index in [9.17, 15) is 22.8 Å². The molecule has 0 aromatic heterocycles. The van der Waals surface area contributed by atoms with E-state index < -0.39 is 29.8 Å². The van der Waals surface area contributed by atoms with E-state index in [0.29, 0.717) is 27.0 Å². The van der Waals surface area contributed by atoms with Crippen LogP contribution in [0.5, 0.6) is 0 Å². The number of ether oxygens (including phenoxy) is 2. The number of halogens is 5. The van der Waals surface area contributed by atoms with Gasteiger partial charge >= 0.3 is 18.1 Å². The Morgan fingerprint density at radius 1 is 0.789 bits per heavy atom. The summed E-state index contributed by atoms with van der Waals surface area (Å²) < 4.78 is 50.1. The molecular weight excluding hydrogens is 544 g/mol. The van der Waals surface area contributed by atoms with Crippen molar-refractivity contribution in [1.82, 2.24) is 0 Å². The average Bonchev–Trinajstić information content (AvgIpc) is 2.91. The molecule has 0 aliphatic carbocycles. The first-order chi connectivity index (χ1) is 18.0. The summed E-state index contributed by atoms with van der Waals surface area (Å²) in [6.07, 6.45) is -5.42.